The van der Waals surface area contributed by atoms with Crippen molar-refractivity contribution in [1.82, 2.24) is 15.0 Å². The van der Waals surface area contributed by atoms with Gasteiger partial charge in [-0.2, -0.15) is 0 Å². The normalized spacial score (nSPS) is 11.0. The molecule has 0 fully saturated rings. The topological polar surface area (TPSA) is 64.7 Å². The van der Waals surface area contributed by atoms with E-state index in [9.17, 15) is 0 Å². The van der Waals surface area contributed by atoms with Crippen molar-refractivity contribution in [2.45, 2.75) is 13.8 Å². The summed E-state index contributed by atoms with van der Waals surface area (Å²) in [7, 11) is 0. The zero-order chi connectivity index (χ0) is 17.4. The average molecular weight is 326 g/mol. The van der Waals surface area contributed by atoms with E-state index >= 15 is 0 Å². The van der Waals surface area contributed by atoms with Gasteiger partial charge >= 0.3 is 0 Å². The summed E-state index contributed by atoms with van der Waals surface area (Å²) in [6, 6.07) is 16.6. The smallest absolute Gasteiger partial charge is 0.134 e. The van der Waals surface area contributed by atoms with E-state index in [4.69, 9.17) is 5.73 Å². The van der Waals surface area contributed by atoms with Crippen molar-refractivity contribution >= 4 is 16.7 Å². The Morgan fingerprint density at radius 1 is 0.800 bits per heavy atom. The zero-order valence-electron chi connectivity index (χ0n) is 14.2. The van der Waals surface area contributed by atoms with E-state index in [1.54, 1.807) is 0 Å². The molecular weight excluding hydrogens is 308 g/mol. The van der Waals surface area contributed by atoms with Crippen LogP contribution in [0.15, 0.2) is 61.1 Å². The maximum absolute atomic E-state index is 6.03. The molecule has 0 bridgehead atoms. The van der Waals surface area contributed by atoms with Gasteiger partial charge in [-0.3, -0.25) is 4.98 Å². The van der Waals surface area contributed by atoms with Crippen molar-refractivity contribution in [3.05, 3.63) is 72.2 Å². The molecule has 0 spiro atoms. The lowest BCUT2D eigenvalue weighted by molar-refractivity contribution is 1.23. The fourth-order valence-corrected chi connectivity index (χ4v) is 3.22. The van der Waals surface area contributed by atoms with E-state index in [0.29, 0.717) is 5.82 Å². The Labute approximate surface area is 146 Å². The first-order valence-electron chi connectivity index (χ1n) is 8.16. The number of anilines is 1. The molecule has 0 atom stereocenters. The summed E-state index contributed by atoms with van der Waals surface area (Å²) >= 11 is 0. The molecule has 122 valence electrons. The molecule has 0 radical (unpaired) electrons. The molecule has 4 aromatic rings. The lowest BCUT2D eigenvalue weighted by Crippen LogP contribution is -1.94. The number of benzene rings is 2. The number of fused-ring (bicyclic) bond motifs is 1. The minimum Gasteiger partial charge on any atom is -0.383 e. The third-order valence-corrected chi connectivity index (χ3v) is 4.28. The van der Waals surface area contributed by atoms with Crippen LogP contribution in [0.2, 0.25) is 0 Å². The van der Waals surface area contributed by atoms with Gasteiger partial charge in [0, 0.05) is 22.7 Å². The molecule has 0 saturated carbocycles. The summed E-state index contributed by atoms with van der Waals surface area (Å²) in [6.45, 7) is 4.21. The van der Waals surface area contributed by atoms with Gasteiger partial charge in [0.25, 0.3) is 0 Å². The van der Waals surface area contributed by atoms with Gasteiger partial charge in [0.15, 0.2) is 0 Å². The molecular formula is C21H18N4. The maximum atomic E-state index is 6.03. The third-order valence-electron chi connectivity index (χ3n) is 4.28. The predicted octanol–water partition coefficient (Wildman–Crippen LogP) is 4.56. The molecule has 4 nitrogen and oxygen atoms in total. The molecule has 0 aliphatic heterocycles. The Bertz CT molecular complexity index is 1070. The molecule has 2 heterocycles. The summed E-state index contributed by atoms with van der Waals surface area (Å²) in [5.74, 6) is 0.490. The summed E-state index contributed by atoms with van der Waals surface area (Å²) in [5.41, 5.74) is 13.5. The minimum absolute atomic E-state index is 0.490. The van der Waals surface area contributed by atoms with Crippen LogP contribution in [0.1, 0.15) is 11.1 Å². The van der Waals surface area contributed by atoms with Crippen molar-refractivity contribution in [1.29, 1.82) is 0 Å². The molecule has 2 aromatic heterocycles. The lowest BCUT2D eigenvalue weighted by Gasteiger charge is -2.11. The molecule has 25 heavy (non-hydrogen) atoms. The van der Waals surface area contributed by atoms with Crippen LogP contribution in [0.4, 0.5) is 5.82 Å². The van der Waals surface area contributed by atoms with Gasteiger partial charge in [-0.25, -0.2) is 9.97 Å². The maximum Gasteiger partial charge on any atom is 0.134 e. The van der Waals surface area contributed by atoms with E-state index < -0.39 is 0 Å². The van der Waals surface area contributed by atoms with Gasteiger partial charge in [-0.05, 0) is 49.7 Å². The van der Waals surface area contributed by atoms with E-state index in [2.05, 4.69) is 59.1 Å². The molecule has 2 N–H and O–H groups in total. The predicted molar refractivity (Wildman–Crippen MR) is 102 cm³/mol. The lowest BCUT2D eigenvalue weighted by atomic mass is 9.96. The van der Waals surface area contributed by atoms with E-state index in [1.807, 2.05) is 24.4 Å². The van der Waals surface area contributed by atoms with Gasteiger partial charge in [-0.1, -0.05) is 29.3 Å². The monoisotopic (exact) mass is 326 g/mol. The Morgan fingerprint density at radius 3 is 2.40 bits per heavy atom. The highest BCUT2D eigenvalue weighted by molar-refractivity contribution is 5.93. The number of nitrogen functional groups attached to an aromatic ring is 1. The molecule has 0 aliphatic carbocycles. The van der Waals surface area contributed by atoms with Crippen molar-refractivity contribution in [3.63, 3.8) is 0 Å². The number of nitrogens with zero attached hydrogens (tertiary/aromatic N) is 3. The van der Waals surface area contributed by atoms with Crippen LogP contribution >= 0.6 is 0 Å². The van der Waals surface area contributed by atoms with Crippen LogP contribution in [-0.2, 0) is 0 Å². The average Bonchev–Trinajstić information content (AvgIpc) is 2.61. The molecule has 4 rings (SSSR count). The highest BCUT2D eigenvalue weighted by atomic mass is 14.9. The largest absolute Gasteiger partial charge is 0.383 e. The fraction of sp³-hybridized carbons (Fsp3) is 0.0952. The van der Waals surface area contributed by atoms with Crippen molar-refractivity contribution in [2.24, 2.45) is 0 Å². The first-order chi connectivity index (χ1) is 12.1. The summed E-state index contributed by atoms with van der Waals surface area (Å²) < 4.78 is 0. The fourth-order valence-electron chi connectivity index (χ4n) is 3.22. The van der Waals surface area contributed by atoms with Crippen molar-refractivity contribution < 1.29 is 0 Å². The number of nitrogens with two attached hydrogens (primary N) is 1. The minimum atomic E-state index is 0.490. The van der Waals surface area contributed by atoms with Crippen molar-refractivity contribution in [3.8, 4) is 22.4 Å². The Hall–Kier alpha value is -3.27. The molecule has 0 aliphatic rings. The van der Waals surface area contributed by atoms with Crippen molar-refractivity contribution in [2.75, 3.05) is 5.73 Å². The summed E-state index contributed by atoms with van der Waals surface area (Å²) in [4.78, 5) is 13.0. The Morgan fingerprint density at radius 2 is 1.60 bits per heavy atom. The Kier molecular flexibility index (Phi) is 3.65. The quantitative estimate of drug-likeness (QED) is 0.586. The van der Waals surface area contributed by atoms with Crippen LogP contribution in [0, 0.1) is 13.8 Å². The zero-order valence-corrected chi connectivity index (χ0v) is 14.2. The van der Waals surface area contributed by atoms with Crippen LogP contribution in [0.3, 0.4) is 0 Å². The first-order valence-corrected chi connectivity index (χ1v) is 8.16. The summed E-state index contributed by atoms with van der Waals surface area (Å²) in [5, 5.41) is 0.857. The second-order valence-corrected chi connectivity index (χ2v) is 6.27. The SMILES string of the molecule is Cc1cc(C)cc(-c2ncccc2-c2ccc3ncnc(N)c3c2)c1. The molecule has 0 unspecified atom stereocenters. The van der Waals surface area contributed by atoms with Crippen LogP contribution in [-0.4, -0.2) is 15.0 Å². The first kappa shape index (κ1) is 15.3. The van der Waals surface area contributed by atoms with Gasteiger partial charge in [0.2, 0.25) is 0 Å². The van der Waals surface area contributed by atoms with Gasteiger partial charge < -0.3 is 5.73 Å². The standard InChI is InChI=1S/C21H18N4/c1-13-8-14(2)10-16(9-13)20-17(4-3-7-23-20)15-5-6-19-18(11-15)21(22)25-12-24-19/h3-12H,1-2H3,(H2,22,24,25). The van der Waals surface area contributed by atoms with E-state index in [-0.39, 0.29) is 0 Å². The number of hydrogen-bond donors (Lipinski definition) is 1. The number of rotatable bonds is 2. The number of aryl methyl sites for hydroxylation is 2. The van der Waals surface area contributed by atoms with Gasteiger partial charge in [0.1, 0.15) is 12.1 Å². The highest BCUT2D eigenvalue weighted by Gasteiger charge is 2.11. The second-order valence-electron chi connectivity index (χ2n) is 6.27. The number of pyridine rings is 1. The summed E-state index contributed by atoms with van der Waals surface area (Å²) in [6.07, 6.45) is 3.32. The van der Waals surface area contributed by atoms with E-state index in [1.165, 1.54) is 17.5 Å². The van der Waals surface area contributed by atoms with E-state index in [0.717, 1.165) is 33.3 Å². The third kappa shape index (κ3) is 2.83. The number of aromatic nitrogens is 3. The van der Waals surface area contributed by atoms with Crippen LogP contribution in [0.25, 0.3) is 33.3 Å². The van der Waals surface area contributed by atoms with Gasteiger partial charge in [0.05, 0.1) is 11.2 Å². The molecule has 4 heteroatoms. The molecule has 0 amide bonds. The number of hydrogen-bond acceptors (Lipinski definition) is 4. The Balaban J connectivity index is 1.94. The molecule has 2 aromatic carbocycles. The second kappa shape index (κ2) is 5.98. The van der Waals surface area contributed by atoms with Crippen LogP contribution in [0.5, 0.6) is 0 Å². The van der Waals surface area contributed by atoms with Crippen LogP contribution < -0.4 is 5.73 Å². The molecule has 0 saturated heterocycles. The van der Waals surface area contributed by atoms with Gasteiger partial charge in [-0.15, -0.1) is 0 Å². The highest BCUT2D eigenvalue weighted by Crippen LogP contribution is 2.33.